The van der Waals surface area contributed by atoms with Crippen LogP contribution in [0, 0.1) is 17.2 Å². The quantitative estimate of drug-likeness (QED) is 0.713. The first-order chi connectivity index (χ1) is 13.0. The number of halogens is 2. The first kappa shape index (κ1) is 24.1. The van der Waals surface area contributed by atoms with E-state index >= 15 is 0 Å². The van der Waals surface area contributed by atoms with Crippen LogP contribution >= 0.6 is 15.9 Å². The van der Waals surface area contributed by atoms with Gasteiger partial charge in [-0.3, -0.25) is 24.6 Å². The molecule has 0 saturated carbocycles. The summed E-state index contributed by atoms with van der Waals surface area (Å²) in [4.78, 5) is 32.3. The van der Waals surface area contributed by atoms with E-state index in [0.29, 0.717) is 29.6 Å². The zero-order chi connectivity index (χ0) is 20.8. The van der Waals surface area contributed by atoms with E-state index in [0.717, 1.165) is 0 Å². The minimum atomic E-state index is -0.280. The average molecular weight is 439 g/mol. The van der Waals surface area contributed by atoms with E-state index in [4.69, 9.17) is 10.1 Å². The first-order valence-electron chi connectivity index (χ1n) is 7.59. The molecule has 27 heavy (non-hydrogen) atoms. The van der Waals surface area contributed by atoms with E-state index in [2.05, 4.69) is 36.3 Å². The van der Waals surface area contributed by atoms with Gasteiger partial charge >= 0.3 is 0 Å². The molecule has 0 fully saturated rings. The molecule has 0 radical (unpaired) electrons. The molecule has 10 heteroatoms. The van der Waals surface area contributed by atoms with Crippen LogP contribution in [0.2, 0.25) is 0 Å². The fourth-order valence-electron chi connectivity index (χ4n) is 1.84. The summed E-state index contributed by atoms with van der Waals surface area (Å²) in [5.41, 5.74) is 3.30. The van der Waals surface area contributed by atoms with Crippen molar-refractivity contribution in [2.45, 2.75) is 13.8 Å². The van der Waals surface area contributed by atoms with Crippen LogP contribution < -0.4 is 10.4 Å². The topological polar surface area (TPSA) is 112 Å². The number of carbonyl (C=O) groups is 2. The number of aromatic nitrogens is 3. The Bertz CT molecular complexity index is 755. The maximum Gasteiger partial charge on any atom is 0.269 e. The highest BCUT2D eigenvalue weighted by Crippen LogP contribution is 2.22. The minimum Gasteiger partial charge on any atom is -0.307 e. The average Bonchev–Trinajstić information content (AvgIpc) is 2.71. The molecule has 1 N–H and O–H groups in total. The molecule has 1 amide bonds. The van der Waals surface area contributed by atoms with Gasteiger partial charge in [-0.25, -0.2) is 4.98 Å². The Morgan fingerprint density at radius 1 is 1.37 bits per heavy atom. The monoisotopic (exact) mass is 438 g/mol. The smallest absolute Gasteiger partial charge is 0.269 e. The number of hydrazine groups is 1. The molecule has 0 atom stereocenters. The Hall–Kier alpha value is -2.93. The largest absolute Gasteiger partial charge is 0.307 e. The molecule has 0 aromatic carbocycles. The lowest BCUT2D eigenvalue weighted by molar-refractivity contribution is -0.0980. The molecule has 2 aromatic rings. The zero-order valence-corrected chi connectivity index (χ0v) is 16.8. The molecular weight excluding hydrogens is 419 g/mol. The molecule has 2 rings (SSSR count). The number of hydrogen-bond donors (Lipinski definition) is 1. The van der Waals surface area contributed by atoms with Crippen molar-refractivity contribution >= 4 is 34.4 Å². The predicted octanol–water partition coefficient (Wildman–Crippen LogP) is 2.71. The number of pyridine rings is 1. The number of carbonyl (C=O) groups excluding carboxylic acids is 2. The third-order valence-corrected chi connectivity index (χ3v) is 3.37. The van der Waals surface area contributed by atoms with Crippen molar-refractivity contribution in [3.05, 3.63) is 46.6 Å². The Morgan fingerprint density at radius 3 is 2.48 bits per heavy atom. The van der Waals surface area contributed by atoms with Crippen molar-refractivity contribution in [2.24, 2.45) is 5.92 Å². The van der Waals surface area contributed by atoms with Gasteiger partial charge < -0.3 is 4.79 Å². The maximum atomic E-state index is 12.4. The lowest BCUT2D eigenvalue weighted by Crippen LogP contribution is -2.45. The lowest BCUT2D eigenvalue weighted by Gasteiger charge is -2.26. The number of hydrogen-bond acceptors (Lipinski definition) is 7. The van der Waals surface area contributed by atoms with Crippen LogP contribution in [0.4, 0.5) is 10.2 Å². The summed E-state index contributed by atoms with van der Waals surface area (Å²) in [5, 5.41) is 10.6. The molecule has 0 aliphatic carbocycles. The van der Waals surface area contributed by atoms with Gasteiger partial charge in [-0.2, -0.15) is 10.2 Å². The van der Waals surface area contributed by atoms with Crippen molar-refractivity contribution < 1.29 is 14.0 Å². The van der Waals surface area contributed by atoms with Crippen LogP contribution in [0.3, 0.4) is 0 Å². The summed E-state index contributed by atoms with van der Waals surface area (Å²) in [6.45, 7) is 6.56. The zero-order valence-electron chi connectivity index (χ0n) is 15.2. The van der Waals surface area contributed by atoms with Gasteiger partial charge in [0, 0.05) is 30.7 Å². The maximum absolute atomic E-state index is 12.4. The molecule has 2 heterocycles. The van der Waals surface area contributed by atoms with Gasteiger partial charge in [0.1, 0.15) is 12.9 Å². The number of nitrogens with zero attached hydrogens (tertiary/aromatic N) is 5. The summed E-state index contributed by atoms with van der Waals surface area (Å²) >= 11 is 3.36. The standard InChI is InChI=1S/C15H15BrN6O.CH3F.CH2O/c1-10(2)9-22(14-12(16)8-19-13(7-17)20-14)21-15(23)11-3-5-18-6-4-11;2*1-2/h3-6,8,10H,9H2,1-2H3,(H,21,23);1H3;1H2. The molecular formula is C17H20BrFN6O2. The lowest BCUT2D eigenvalue weighted by atomic mass is 10.2. The van der Waals surface area contributed by atoms with Crippen molar-refractivity contribution in [1.82, 2.24) is 20.4 Å². The Kier molecular flexibility index (Phi) is 11.9. The van der Waals surface area contributed by atoms with Crippen molar-refractivity contribution in [1.29, 1.82) is 5.26 Å². The van der Waals surface area contributed by atoms with Crippen LogP contribution in [-0.4, -0.2) is 41.4 Å². The van der Waals surface area contributed by atoms with Crippen LogP contribution in [0.5, 0.6) is 0 Å². The van der Waals surface area contributed by atoms with Gasteiger partial charge in [-0.05, 0) is 34.0 Å². The third-order valence-electron chi connectivity index (χ3n) is 2.81. The highest BCUT2D eigenvalue weighted by molar-refractivity contribution is 9.10. The van der Waals surface area contributed by atoms with Gasteiger partial charge in [0.2, 0.25) is 5.82 Å². The van der Waals surface area contributed by atoms with E-state index in [-0.39, 0.29) is 17.6 Å². The molecule has 8 nitrogen and oxygen atoms in total. The van der Waals surface area contributed by atoms with Crippen molar-refractivity contribution in [3.8, 4) is 6.07 Å². The molecule has 0 saturated heterocycles. The minimum absolute atomic E-state index is 0.0371. The van der Waals surface area contributed by atoms with Gasteiger partial charge in [0.05, 0.1) is 11.7 Å². The summed E-state index contributed by atoms with van der Waals surface area (Å²) in [5.74, 6) is 0.458. The van der Waals surface area contributed by atoms with Gasteiger partial charge in [0.25, 0.3) is 5.91 Å². The molecule has 144 valence electrons. The number of nitrogens with one attached hydrogen (secondary N) is 1. The number of anilines is 1. The molecule has 0 spiro atoms. The SMILES string of the molecule is C=O.CC(C)CN(NC(=O)c1ccncc1)c1nc(C#N)ncc1Br.CF. The fraction of sp³-hybridized carbons (Fsp3) is 0.294. The normalized spacial score (nSPS) is 9.07. The number of nitriles is 1. The highest BCUT2D eigenvalue weighted by atomic mass is 79.9. The second-order valence-corrected chi connectivity index (χ2v) is 6.01. The highest BCUT2D eigenvalue weighted by Gasteiger charge is 2.18. The number of rotatable bonds is 5. The van der Waals surface area contributed by atoms with E-state index < -0.39 is 0 Å². The Balaban J connectivity index is 0.00000158. The van der Waals surface area contributed by atoms with E-state index in [1.165, 1.54) is 6.20 Å². The summed E-state index contributed by atoms with van der Waals surface area (Å²) in [6, 6.07) is 5.14. The number of amides is 1. The van der Waals surface area contributed by atoms with Gasteiger partial charge in [0.15, 0.2) is 5.82 Å². The fourth-order valence-corrected chi connectivity index (χ4v) is 2.25. The van der Waals surface area contributed by atoms with E-state index in [1.807, 2.05) is 26.7 Å². The van der Waals surface area contributed by atoms with Crippen LogP contribution in [0.1, 0.15) is 30.0 Å². The van der Waals surface area contributed by atoms with Crippen LogP contribution in [0.25, 0.3) is 0 Å². The summed E-state index contributed by atoms with van der Waals surface area (Å²) in [6.07, 6.45) is 4.60. The van der Waals surface area contributed by atoms with Crippen molar-refractivity contribution in [3.63, 3.8) is 0 Å². The molecule has 0 aliphatic rings. The van der Waals surface area contributed by atoms with Crippen LogP contribution in [-0.2, 0) is 4.79 Å². The summed E-state index contributed by atoms with van der Waals surface area (Å²) < 4.78 is 10.1. The second kappa shape index (κ2) is 13.3. The third kappa shape index (κ3) is 7.87. The van der Waals surface area contributed by atoms with Crippen molar-refractivity contribution in [2.75, 3.05) is 18.7 Å². The predicted molar refractivity (Wildman–Crippen MR) is 102 cm³/mol. The molecule has 2 aromatic heterocycles. The Labute approximate surface area is 165 Å². The number of alkyl halides is 1. The van der Waals surface area contributed by atoms with E-state index in [9.17, 15) is 9.18 Å². The molecule has 0 bridgehead atoms. The van der Waals surface area contributed by atoms with Gasteiger partial charge in [-0.1, -0.05) is 13.8 Å². The molecule has 0 aliphatic heterocycles. The first-order valence-corrected chi connectivity index (χ1v) is 8.38. The Morgan fingerprint density at radius 2 is 1.96 bits per heavy atom. The van der Waals surface area contributed by atoms with Crippen LogP contribution in [0.15, 0.2) is 35.2 Å². The molecule has 0 unspecified atom stereocenters. The second-order valence-electron chi connectivity index (χ2n) is 5.16. The van der Waals surface area contributed by atoms with Gasteiger partial charge in [-0.15, -0.1) is 0 Å². The summed E-state index contributed by atoms with van der Waals surface area (Å²) in [7, 11) is 0.500. The van der Waals surface area contributed by atoms with E-state index in [1.54, 1.807) is 29.5 Å².